The summed E-state index contributed by atoms with van der Waals surface area (Å²) < 4.78 is 0. The van der Waals surface area contributed by atoms with Crippen LogP contribution >= 0.6 is 0 Å². The molecule has 1 amide bonds. The van der Waals surface area contributed by atoms with Crippen molar-refractivity contribution in [1.29, 1.82) is 0 Å². The lowest BCUT2D eigenvalue weighted by atomic mass is 10.3. The molecule has 0 bridgehead atoms. The average molecular weight is 349 g/mol. The van der Waals surface area contributed by atoms with Crippen LogP contribution in [0.1, 0.15) is 19.8 Å². The van der Waals surface area contributed by atoms with Gasteiger partial charge in [0.2, 0.25) is 17.7 Å². The minimum absolute atomic E-state index is 0.0263. The standard InChI is InChI=1S/C15H23N7O3/c1-2-16-13(23)10-20-5-7-21(8-6-20)15-17-9-12(22(24)25)14(19-15)18-11-3-4-11/h9,11H,2-8,10H2,1H3,(H,16,23)(H,17,18,19). The van der Waals surface area contributed by atoms with Crippen LogP contribution in [0, 0.1) is 10.1 Å². The third kappa shape index (κ3) is 4.53. The SMILES string of the molecule is CCNC(=O)CN1CCN(c2ncc([N+](=O)[O-])c(NC3CC3)n2)CC1. The smallest absolute Gasteiger partial charge is 0.329 e. The van der Waals surface area contributed by atoms with Gasteiger partial charge in [0, 0.05) is 38.8 Å². The largest absolute Gasteiger partial charge is 0.361 e. The van der Waals surface area contributed by atoms with Crippen molar-refractivity contribution in [3.8, 4) is 0 Å². The molecular weight excluding hydrogens is 326 g/mol. The zero-order chi connectivity index (χ0) is 17.8. The summed E-state index contributed by atoms with van der Waals surface area (Å²) in [5, 5.41) is 17.0. The molecule has 3 rings (SSSR count). The number of likely N-dealkylation sites (N-methyl/N-ethyl adjacent to an activating group) is 1. The fourth-order valence-electron chi connectivity index (χ4n) is 2.74. The van der Waals surface area contributed by atoms with Crippen LogP contribution in [0.5, 0.6) is 0 Å². The molecule has 2 aliphatic rings. The lowest BCUT2D eigenvalue weighted by Crippen LogP contribution is -2.50. The Kier molecular flexibility index (Phi) is 5.27. The zero-order valence-electron chi connectivity index (χ0n) is 14.3. The monoisotopic (exact) mass is 349 g/mol. The van der Waals surface area contributed by atoms with Crippen molar-refractivity contribution in [1.82, 2.24) is 20.2 Å². The number of hydrogen-bond acceptors (Lipinski definition) is 8. The van der Waals surface area contributed by atoms with Gasteiger partial charge in [-0.25, -0.2) is 4.98 Å². The first-order chi connectivity index (χ1) is 12.1. The fraction of sp³-hybridized carbons (Fsp3) is 0.667. The highest BCUT2D eigenvalue weighted by molar-refractivity contribution is 5.77. The van der Waals surface area contributed by atoms with Crippen molar-refractivity contribution in [2.75, 3.05) is 49.5 Å². The van der Waals surface area contributed by atoms with E-state index in [0.29, 0.717) is 37.9 Å². The van der Waals surface area contributed by atoms with Crippen LogP contribution in [-0.2, 0) is 4.79 Å². The predicted molar refractivity (Wildman–Crippen MR) is 92.7 cm³/mol. The summed E-state index contributed by atoms with van der Waals surface area (Å²) in [6.07, 6.45) is 3.29. The van der Waals surface area contributed by atoms with Gasteiger partial charge in [-0.15, -0.1) is 0 Å². The number of rotatable bonds is 7. The number of carbonyl (C=O) groups is 1. The van der Waals surface area contributed by atoms with Gasteiger partial charge in [-0.3, -0.25) is 19.8 Å². The van der Waals surface area contributed by atoms with Crippen molar-refractivity contribution in [3.63, 3.8) is 0 Å². The molecule has 136 valence electrons. The molecule has 0 radical (unpaired) electrons. The van der Waals surface area contributed by atoms with Crippen molar-refractivity contribution in [3.05, 3.63) is 16.3 Å². The van der Waals surface area contributed by atoms with Crippen molar-refractivity contribution in [2.24, 2.45) is 0 Å². The summed E-state index contributed by atoms with van der Waals surface area (Å²) in [5.74, 6) is 0.812. The number of hydrogen-bond donors (Lipinski definition) is 2. The van der Waals surface area contributed by atoms with Crippen LogP contribution in [0.4, 0.5) is 17.5 Å². The number of aromatic nitrogens is 2. The molecule has 1 aromatic heterocycles. The van der Waals surface area contributed by atoms with Gasteiger partial charge in [0.25, 0.3) is 0 Å². The summed E-state index contributed by atoms with van der Waals surface area (Å²) >= 11 is 0. The van der Waals surface area contributed by atoms with E-state index in [0.717, 1.165) is 25.9 Å². The number of nitrogens with one attached hydrogen (secondary N) is 2. The number of amides is 1. The van der Waals surface area contributed by atoms with E-state index < -0.39 is 4.92 Å². The lowest BCUT2D eigenvalue weighted by Gasteiger charge is -2.34. The summed E-state index contributed by atoms with van der Waals surface area (Å²) in [6.45, 7) is 5.73. The van der Waals surface area contributed by atoms with Crippen LogP contribution in [-0.4, -0.2) is 71.0 Å². The second-order valence-electron chi connectivity index (χ2n) is 6.30. The molecule has 0 unspecified atom stereocenters. The van der Waals surface area contributed by atoms with Gasteiger partial charge >= 0.3 is 5.69 Å². The van der Waals surface area contributed by atoms with Crippen LogP contribution in [0.2, 0.25) is 0 Å². The van der Waals surface area contributed by atoms with E-state index in [1.165, 1.54) is 6.20 Å². The average Bonchev–Trinajstić information content (AvgIpc) is 3.39. The Labute approximate surface area is 145 Å². The van der Waals surface area contributed by atoms with Gasteiger partial charge in [-0.05, 0) is 19.8 Å². The molecule has 1 saturated heterocycles. The van der Waals surface area contributed by atoms with Gasteiger partial charge in [-0.1, -0.05) is 0 Å². The van der Waals surface area contributed by atoms with Gasteiger partial charge in [0.05, 0.1) is 11.5 Å². The van der Waals surface area contributed by atoms with E-state index >= 15 is 0 Å². The van der Waals surface area contributed by atoms with Crippen molar-refractivity contribution in [2.45, 2.75) is 25.8 Å². The van der Waals surface area contributed by atoms with Crippen LogP contribution in [0.3, 0.4) is 0 Å². The second-order valence-corrected chi connectivity index (χ2v) is 6.30. The van der Waals surface area contributed by atoms with E-state index in [1.807, 2.05) is 11.8 Å². The Morgan fingerprint density at radius 1 is 1.36 bits per heavy atom. The number of anilines is 2. The molecule has 0 atom stereocenters. The lowest BCUT2D eigenvalue weighted by molar-refractivity contribution is -0.384. The predicted octanol–water partition coefficient (Wildman–Crippen LogP) is 0.217. The molecule has 2 N–H and O–H groups in total. The minimum Gasteiger partial charge on any atom is -0.361 e. The molecule has 2 heterocycles. The summed E-state index contributed by atoms with van der Waals surface area (Å²) in [4.78, 5) is 34.9. The van der Waals surface area contributed by atoms with Crippen LogP contribution in [0.15, 0.2) is 6.20 Å². The summed E-state index contributed by atoms with van der Waals surface area (Å²) in [7, 11) is 0. The molecule has 1 aliphatic carbocycles. The highest BCUT2D eigenvalue weighted by Crippen LogP contribution is 2.30. The maximum atomic E-state index is 11.7. The summed E-state index contributed by atoms with van der Waals surface area (Å²) in [5.41, 5.74) is -0.0921. The van der Waals surface area contributed by atoms with E-state index in [4.69, 9.17) is 0 Å². The third-order valence-corrected chi connectivity index (χ3v) is 4.27. The quantitative estimate of drug-likeness (QED) is 0.530. The van der Waals surface area contributed by atoms with E-state index in [2.05, 4.69) is 25.5 Å². The molecule has 1 aromatic rings. The molecule has 10 heteroatoms. The van der Waals surface area contributed by atoms with E-state index in [1.54, 1.807) is 0 Å². The first-order valence-electron chi connectivity index (χ1n) is 8.58. The molecule has 1 aliphatic heterocycles. The Balaban J connectivity index is 1.62. The summed E-state index contributed by atoms with van der Waals surface area (Å²) in [6, 6.07) is 0.273. The normalized spacial score (nSPS) is 18.0. The van der Waals surface area contributed by atoms with Crippen molar-refractivity contribution < 1.29 is 9.72 Å². The van der Waals surface area contributed by atoms with E-state index in [9.17, 15) is 14.9 Å². The number of piperazine rings is 1. The van der Waals surface area contributed by atoms with Crippen molar-refractivity contribution >= 4 is 23.4 Å². The van der Waals surface area contributed by atoms with Gasteiger partial charge in [0.15, 0.2) is 0 Å². The molecule has 25 heavy (non-hydrogen) atoms. The molecule has 1 saturated carbocycles. The topological polar surface area (TPSA) is 117 Å². The highest BCUT2D eigenvalue weighted by Gasteiger charge is 2.28. The van der Waals surface area contributed by atoms with Gasteiger partial charge in [-0.2, -0.15) is 4.98 Å². The Hall–Kier alpha value is -2.49. The molecular formula is C15H23N7O3. The Morgan fingerprint density at radius 3 is 2.68 bits per heavy atom. The Morgan fingerprint density at radius 2 is 2.08 bits per heavy atom. The maximum Gasteiger partial charge on any atom is 0.329 e. The molecule has 10 nitrogen and oxygen atoms in total. The third-order valence-electron chi connectivity index (χ3n) is 4.27. The molecule has 0 spiro atoms. The number of carbonyl (C=O) groups excluding carboxylic acids is 1. The number of nitro groups is 1. The number of nitrogens with zero attached hydrogens (tertiary/aromatic N) is 5. The Bertz CT molecular complexity index is 642. The van der Waals surface area contributed by atoms with Crippen LogP contribution < -0.4 is 15.5 Å². The van der Waals surface area contributed by atoms with Crippen LogP contribution in [0.25, 0.3) is 0 Å². The van der Waals surface area contributed by atoms with E-state index in [-0.39, 0.29) is 17.6 Å². The molecule has 2 fully saturated rings. The maximum absolute atomic E-state index is 11.7. The first-order valence-corrected chi connectivity index (χ1v) is 8.58. The van der Waals surface area contributed by atoms with Gasteiger partial charge in [0.1, 0.15) is 6.20 Å². The fourth-order valence-corrected chi connectivity index (χ4v) is 2.74. The zero-order valence-corrected chi connectivity index (χ0v) is 14.3. The molecule has 0 aromatic carbocycles. The second kappa shape index (κ2) is 7.60. The van der Waals surface area contributed by atoms with Gasteiger partial charge < -0.3 is 15.5 Å². The highest BCUT2D eigenvalue weighted by atomic mass is 16.6. The minimum atomic E-state index is -0.460. The first kappa shape index (κ1) is 17.3.